The molecule has 0 bridgehead atoms. The molecule has 0 N–H and O–H groups in total. The lowest BCUT2D eigenvalue weighted by atomic mass is 9.35. The van der Waals surface area contributed by atoms with E-state index in [1.165, 1.54) is 150 Å². The minimum absolute atomic E-state index is 0.0289. The first kappa shape index (κ1) is 52.4. The number of benzene rings is 7. The Morgan fingerprint density at radius 3 is 1.54 bits per heavy atom. The molecule has 7 aromatic carbocycles. The van der Waals surface area contributed by atoms with Gasteiger partial charge in [-0.3, -0.25) is 0 Å². The van der Waals surface area contributed by atoms with Crippen molar-refractivity contribution in [1.82, 2.24) is 0 Å². The van der Waals surface area contributed by atoms with Crippen LogP contribution in [0.15, 0.2) is 132 Å². The highest BCUT2D eigenvalue weighted by Crippen LogP contribution is 2.62. The van der Waals surface area contributed by atoms with Crippen molar-refractivity contribution in [2.75, 3.05) is 14.7 Å². The Hall–Kier alpha value is -6.46. The van der Waals surface area contributed by atoms with Gasteiger partial charge < -0.3 is 19.1 Å². The van der Waals surface area contributed by atoms with E-state index < -0.39 is 0 Å². The number of fused-ring (bicyclic) bond motifs is 12. The first-order valence-electron chi connectivity index (χ1n) is 31.5. The molecule has 0 spiro atoms. The normalized spacial score (nSPS) is 24.1. The van der Waals surface area contributed by atoms with Crippen molar-refractivity contribution in [1.29, 1.82) is 0 Å². The van der Waals surface area contributed by atoms with Crippen molar-refractivity contribution in [2.45, 2.75) is 212 Å². The van der Waals surface area contributed by atoms with E-state index >= 15 is 0 Å². The van der Waals surface area contributed by atoms with Crippen LogP contribution in [0.25, 0.3) is 22.1 Å². The molecule has 4 nitrogen and oxygen atoms in total. The smallest absolute Gasteiger partial charge is 0.297 e. The number of rotatable bonds is 4. The lowest BCUT2D eigenvalue weighted by Crippen LogP contribution is -2.61. The van der Waals surface area contributed by atoms with E-state index in [-0.39, 0.29) is 50.2 Å². The Balaban J connectivity index is 1.02. The number of hydrogen-bond donors (Lipinski definition) is 0. The zero-order valence-corrected chi connectivity index (χ0v) is 52.0. The maximum Gasteiger partial charge on any atom is 0.297 e. The summed E-state index contributed by atoms with van der Waals surface area (Å²) >= 11 is 0. The monoisotopic (exact) mass is 1080 g/mol. The average molecular weight is 1080 g/mol. The average Bonchev–Trinajstić information content (AvgIpc) is 1.72. The van der Waals surface area contributed by atoms with Crippen LogP contribution in [-0.2, 0) is 37.9 Å². The molecule has 4 aliphatic carbocycles. The fourth-order valence-corrected chi connectivity index (χ4v) is 17.7. The molecule has 0 amide bonds. The van der Waals surface area contributed by atoms with Crippen LogP contribution in [0, 0.1) is 6.92 Å². The SMILES string of the molecule is Cc1cc2c3c(c1)N(c1ccc4c(c1)C(C)(C)CCC4(C)C)c1c(oc4cc5c(cc14)C(C)(C)CCC5(C)C)B3c1ccc(N3c4ccc(-c5ccccc5)cc4C4(C)CCCCC34C)cc1N2c1ccc2c(c1)C(C)(C)CCC2(C)C. The fraction of sp³-hybridized carbons (Fsp3) is 0.429. The number of hydrogen-bond acceptors (Lipinski definition) is 4. The molecule has 1 fully saturated rings. The van der Waals surface area contributed by atoms with Crippen LogP contribution in [0.2, 0.25) is 0 Å². The third-order valence-electron chi connectivity index (χ3n) is 23.4. The van der Waals surface area contributed by atoms with Crippen molar-refractivity contribution in [3.63, 3.8) is 0 Å². The summed E-state index contributed by atoms with van der Waals surface area (Å²) in [6.07, 6.45) is 11.8. The van der Waals surface area contributed by atoms with Crippen LogP contribution in [0.5, 0.6) is 0 Å². The van der Waals surface area contributed by atoms with Gasteiger partial charge in [0.25, 0.3) is 6.71 Å². The van der Waals surface area contributed by atoms with E-state index in [9.17, 15) is 0 Å². The molecule has 15 rings (SSSR count). The van der Waals surface area contributed by atoms with Gasteiger partial charge in [-0.05, 0) is 237 Å². The molecule has 0 radical (unpaired) electrons. The van der Waals surface area contributed by atoms with Gasteiger partial charge in [-0.2, -0.15) is 0 Å². The maximum absolute atomic E-state index is 7.81. The first-order valence-corrected chi connectivity index (χ1v) is 31.5. The molecular formula is C77H86BN3O. The summed E-state index contributed by atoms with van der Waals surface area (Å²) in [5, 5.41) is 1.22. The topological polar surface area (TPSA) is 22.9 Å². The Morgan fingerprint density at radius 1 is 0.402 bits per heavy atom. The van der Waals surface area contributed by atoms with E-state index in [2.05, 4.69) is 246 Å². The predicted octanol–water partition coefficient (Wildman–Crippen LogP) is 19.3. The summed E-state index contributed by atoms with van der Waals surface area (Å²) in [7, 11) is 0. The molecule has 1 aromatic heterocycles. The molecule has 3 aliphatic heterocycles. The maximum atomic E-state index is 7.81. The molecule has 418 valence electrons. The molecule has 0 saturated heterocycles. The Morgan fingerprint density at radius 2 is 0.927 bits per heavy atom. The van der Waals surface area contributed by atoms with Crippen molar-refractivity contribution in [3.8, 4) is 11.1 Å². The summed E-state index contributed by atoms with van der Waals surface area (Å²) in [5.74, 6) is 0. The molecule has 5 heteroatoms. The highest BCUT2D eigenvalue weighted by molar-refractivity contribution is 7.00. The van der Waals surface area contributed by atoms with Gasteiger partial charge in [0.05, 0.1) is 16.9 Å². The van der Waals surface area contributed by atoms with Gasteiger partial charge >= 0.3 is 0 Å². The zero-order valence-electron chi connectivity index (χ0n) is 52.0. The quantitative estimate of drug-likeness (QED) is 0.164. The van der Waals surface area contributed by atoms with Crippen LogP contribution < -0.4 is 31.3 Å². The summed E-state index contributed by atoms with van der Waals surface area (Å²) in [6, 6.07) is 51.3. The number of anilines is 8. The van der Waals surface area contributed by atoms with Crippen LogP contribution >= 0.6 is 0 Å². The number of nitrogens with zero attached hydrogens (tertiary/aromatic N) is 3. The van der Waals surface area contributed by atoms with Gasteiger partial charge in [0.1, 0.15) is 5.58 Å². The first-order chi connectivity index (χ1) is 38.7. The predicted molar refractivity (Wildman–Crippen MR) is 349 cm³/mol. The fourth-order valence-electron chi connectivity index (χ4n) is 17.7. The van der Waals surface area contributed by atoms with E-state index in [0.717, 1.165) is 43.3 Å². The zero-order chi connectivity index (χ0) is 57.2. The van der Waals surface area contributed by atoms with Crippen molar-refractivity contribution >= 4 is 79.8 Å². The molecular weight excluding hydrogens is 994 g/mol. The van der Waals surface area contributed by atoms with Crippen LogP contribution in [-0.4, -0.2) is 12.3 Å². The second-order valence-corrected chi connectivity index (χ2v) is 31.3. The Kier molecular flexibility index (Phi) is 10.8. The van der Waals surface area contributed by atoms with E-state index in [1.807, 2.05) is 0 Å². The van der Waals surface area contributed by atoms with Gasteiger partial charge in [0.2, 0.25) is 0 Å². The molecule has 8 aromatic rings. The van der Waals surface area contributed by atoms with E-state index in [0.29, 0.717) is 0 Å². The van der Waals surface area contributed by atoms with Gasteiger partial charge in [0, 0.05) is 50.6 Å². The van der Waals surface area contributed by atoms with Crippen molar-refractivity contribution in [3.05, 3.63) is 172 Å². The van der Waals surface area contributed by atoms with Gasteiger partial charge in [-0.25, -0.2) is 0 Å². The molecule has 1 saturated carbocycles. The highest BCUT2D eigenvalue weighted by Gasteiger charge is 2.58. The summed E-state index contributed by atoms with van der Waals surface area (Å²) < 4.78 is 7.81. The van der Waals surface area contributed by atoms with Crippen LogP contribution in [0.3, 0.4) is 0 Å². The molecule has 82 heavy (non-hydrogen) atoms. The third kappa shape index (κ3) is 7.16. The van der Waals surface area contributed by atoms with E-state index in [1.54, 1.807) is 0 Å². The number of aryl methyl sites for hydroxylation is 1. The molecule has 2 atom stereocenters. The molecule has 2 unspecified atom stereocenters. The van der Waals surface area contributed by atoms with Gasteiger partial charge in [-0.1, -0.05) is 157 Å². The highest BCUT2D eigenvalue weighted by atomic mass is 16.3. The Bertz CT molecular complexity index is 4040. The van der Waals surface area contributed by atoms with Gasteiger partial charge in [-0.15, -0.1) is 0 Å². The third-order valence-corrected chi connectivity index (χ3v) is 23.4. The van der Waals surface area contributed by atoms with Crippen LogP contribution in [0.4, 0.5) is 45.5 Å². The van der Waals surface area contributed by atoms with E-state index in [4.69, 9.17) is 4.42 Å². The minimum Gasteiger partial charge on any atom is -0.468 e. The lowest BCUT2D eigenvalue weighted by Gasteiger charge is -2.50. The van der Waals surface area contributed by atoms with Crippen LogP contribution in [0.1, 0.15) is 206 Å². The van der Waals surface area contributed by atoms with Crippen molar-refractivity contribution in [2.24, 2.45) is 0 Å². The number of furan rings is 1. The van der Waals surface area contributed by atoms with Crippen molar-refractivity contribution < 1.29 is 4.42 Å². The second kappa shape index (κ2) is 16.9. The molecule has 4 heterocycles. The molecule has 7 aliphatic rings. The standard InChI is InChI=1S/C77H86BN3O/c1-47-39-64-67-65(40-47)80(51-25-28-55-57(43-51)73(8,9)36-34-71(55,4)5)68-53-45-58-59(75(12,13)38-37-74(58,10)11)46-66(53)82-69(68)78(67)61-29-26-52(44-63(61)79(64)50-24-27-54-56(42-50)72(6,7)35-33-70(54,2)3)81-62-30-23-49(48-21-17-16-18-22-48)41-60(62)76(14)31-19-20-32-77(76,81)15/h16-18,21-30,39-46H,19-20,31-38H2,1-15H3. The second-order valence-electron chi connectivity index (χ2n) is 31.3. The minimum atomic E-state index is -0.154. The van der Waals surface area contributed by atoms with Gasteiger partial charge in [0.15, 0.2) is 0 Å². The summed E-state index contributed by atoms with van der Waals surface area (Å²) in [5.41, 5.74) is 29.0. The summed E-state index contributed by atoms with van der Waals surface area (Å²) in [6.45, 7) is 36.9. The lowest BCUT2D eigenvalue weighted by molar-refractivity contribution is 0.195. The Labute approximate surface area is 490 Å². The summed E-state index contributed by atoms with van der Waals surface area (Å²) in [4.78, 5) is 8.16. The largest absolute Gasteiger partial charge is 0.468 e.